The molecule has 0 aliphatic rings. The minimum Gasteiger partial charge on any atom is -0.327 e. The van der Waals surface area contributed by atoms with Gasteiger partial charge in [-0.2, -0.15) is 0 Å². The second kappa shape index (κ2) is 5.43. The van der Waals surface area contributed by atoms with Gasteiger partial charge in [0.1, 0.15) is 5.82 Å². The van der Waals surface area contributed by atoms with Crippen molar-refractivity contribution in [1.29, 1.82) is 0 Å². The smallest absolute Gasteiger partial charge is 0.127 e. The van der Waals surface area contributed by atoms with Crippen LogP contribution in [0.3, 0.4) is 0 Å². The minimum absolute atomic E-state index is 0.119. The quantitative estimate of drug-likeness (QED) is 0.790. The van der Waals surface area contributed by atoms with Crippen LogP contribution in [-0.2, 0) is 13.0 Å². The number of benzene rings is 1. The van der Waals surface area contributed by atoms with Gasteiger partial charge in [-0.05, 0) is 37.1 Å². The highest BCUT2D eigenvalue weighted by Crippen LogP contribution is 2.21. The third kappa shape index (κ3) is 2.30. The molecule has 2 aromatic heterocycles. The summed E-state index contributed by atoms with van der Waals surface area (Å²) in [5, 5.41) is 0. The Labute approximate surface area is 118 Å². The van der Waals surface area contributed by atoms with E-state index in [2.05, 4.69) is 22.5 Å². The summed E-state index contributed by atoms with van der Waals surface area (Å²) < 4.78 is 2.19. The molecular weight excluding hydrogens is 248 g/mol. The maximum absolute atomic E-state index is 6.36. The summed E-state index contributed by atoms with van der Waals surface area (Å²) in [6.07, 6.45) is 4.38. The number of aryl methyl sites for hydroxylation is 1. The molecule has 0 aliphatic carbocycles. The Kier molecular flexibility index (Phi) is 3.48. The number of pyridine rings is 1. The lowest BCUT2D eigenvalue weighted by Crippen LogP contribution is -2.18. The van der Waals surface area contributed by atoms with E-state index >= 15 is 0 Å². The highest BCUT2D eigenvalue weighted by molar-refractivity contribution is 5.76. The van der Waals surface area contributed by atoms with Crippen LogP contribution in [0.25, 0.3) is 11.0 Å². The molecule has 3 aromatic rings. The monoisotopic (exact) mass is 266 g/mol. The van der Waals surface area contributed by atoms with Crippen LogP contribution in [0.2, 0.25) is 0 Å². The summed E-state index contributed by atoms with van der Waals surface area (Å²) in [5.41, 5.74) is 9.64. The minimum atomic E-state index is -0.119. The van der Waals surface area contributed by atoms with Crippen molar-refractivity contribution in [2.24, 2.45) is 5.73 Å². The highest BCUT2D eigenvalue weighted by Gasteiger charge is 2.16. The Morgan fingerprint density at radius 2 is 2.05 bits per heavy atom. The molecule has 0 aliphatic heterocycles. The van der Waals surface area contributed by atoms with Gasteiger partial charge in [-0.15, -0.1) is 0 Å². The van der Waals surface area contributed by atoms with Crippen molar-refractivity contribution < 1.29 is 0 Å². The molecular formula is C16H18N4. The van der Waals surface area contributed by atoms with E-state index in [1.165, 1.54) is 0 Å². The average Bonchev–Trinajstić information content (AvgIpc) is 2.87. The first-order chi connectivity index (χ1) is 9.79. The van der Waals surface area contributed by atoms with Crippen molar-refractivity contribution in [2.45, 2.75) is 25.9 Å². The van der Waals surface area contributed by atoms with Crippen LogP contribution >= 0.6 is 0 Å². The topological polar surface area (TPSA) is 56.7 Å². The van der Waals surface area contributed by atoms with Gasteiger partial charge >= 0.3 is 0 Å². The van der Waals surface area contributed by atoms with E-state index in [9.17, 15) is 0 Å². The lowest BCUT2D eigenvalue weighted by molar-refractivity contribution is 0.608. The van der Waals surface area contributed by atoms with Gasteiger partial charge in [0.25, 0.3) is 0 Å². The summed E-state index contributed by atoms with van der Waals surface area (Å²) in [6, 6.07) is 12.0. The van der Waals surface area contributed by atoms with Crippen LogP contribution in [0.15, 0.2) is 48.8 Å². The number of nitrogens with zero attached hydrogens (tertiary/aromatic N) is 3. The number of hydrogen-bond acceptors (Lipinski definition) is 3. The van der Waals surface area contributed by atoms with Gasteiger partial charge in [-0.25, -0.2) is 4.98 Å². The predicted octanol–water partition coefficient (Wildman–Crippen LogP) is 2.69. The molecule has 0 saturated carbocycles. The molecule has 1 atom stereocenters. The van der Waals surface area contributed by atoms with E-state index in [4.69, 9.17) is 10.7 Å². The van der Waals surface area contributed by atoms with Crippen molar-refractivity contribution in [3.63, 3.8) is 0 Å². The Morgan fingerprint density at radius 3 is 2.80 bits per heavy atom. The van der Waals surface area contributed by atoms with Crippen LogP contribution in [0.4, 0.5) is 0 Å². The number of fused-ring (bicyclic) bond motifs is 1. The maximum atomic E-state index is 6.36. The number of nitrogens with two attached hydrogens (primary N) is 1. The Morgan fingerprint density at radius 1 is 1.20 bits per heavy atom. The van der Waals surface area contributed by atoms with Gasteiger partial charge in [-0.1, -0.05) is 18.2 Å². The van der Waals surface area contributed by atoms with Crippen LogP contribution < -0.4 is 5.73 Å². The molecule has 3 rings (SSSR count). The third-order valence-corrected chi connectivity index (χ3v) is 3.51. The number of aromatic nitrogens is 3. The van der Waals surface area contributed by atoms with Crippen molar-refractivity contribution in [2.75, 3.05) is 0 Å². The maximum Gasteiger partial charge on any atom is 0.127 e. The van der Waals surface area contributed by atoms with Gasteiger partial charge in [-0.3, -0.25) is 4.98 Å². The molecule has 0 fully saturated rings. The molecule has 4 heteroatoms. The molecule has 20 heavy (non-hydrogen) atoms. The normalized spacial score (nSPS) is 12.7. The van der Waals surface area contributed by atoms with Gasteiger partial charge < -0.3 is 10.3 Å². The Hall–Kier alpha value is -2.20. The molecule has 1 aromatic carbocycles. The summed E-state index contributed by atoms with van der Waals surface area (Å²) in [5.74, 6) is 0.942. The number of hydrogen-bond donors (Lipinski definition) is 1. The van der Waals surface area contributed by atoms with Crippen molar-refractivity contribution in [3.8, 4) is 0 Å². The largest absolute Gasteiger partial charge is 0.327 e. The summed E-state index contributed by atoms with van der Waals surface area (Å²) in [7, 11) is 0. The summed E-state index contributed by atoms with van der Waals surface area (Å²) in [6.45, 7) is 2.99. The lowest BCUT2D eigenvalue weighted by atomic mass is 10.1. The standard InChI is InChI=1S/C16H18N4/c1-2-20-15-8-4-3-7-14(15)19-16(20)13(17)10-12-6-5-9-18-11-12/h3-9,11,13H,2,10,17H2,1H3. The summed E-state index contributed by atoms with van der Waals surface area (Å²) >= 11 is 0. The van der Waals surface area contributed by atoms with Crippen molar-refractivity contribution in [3.05, 3.63) is 60.2 Å². The average molecular weight is 266 g/mol. The zero-order chi connectivity index (χ0) is 13.9. The fourth-order valence-corrected chi connectivity index (χ4v) is 2.57. The highest BCUT2D eigenvalue weighted by atomic mass is 15.1. The molecule has 0 saturated heterocycles. The van der Waals surface area contributed by atoms with Gasteiger partial charge in [0.15, 0.2) is 0 Å². The SMILES string of the molecule is CCn1c(C(N)Cc2cccnc2)nc2ccccc21. The molecule has 0 amide bonds. The molecule has 102 valence electrons. The molecule has 2 heterocycles. The van der Waals surface area contributed by atoms with E-state index in [1.807, 2.05) is 36.5 Å². The molecule has 0 spiro atoms. The third-order valence-electron chi connectivity index (χ3n) is 3.51. The molecule has 0 radical (unpaired) electrons. The fraction of sp³-hybridized carbons (Fsp3) is 0.250. The summed E-state index contributed by atoms with van der Waals surface area (Å²) in [4.78, 5) is 8.83. The number of para-hydroxylation sites is 2. The second-order valence-corrected chi connectivity index (χ2v) is 4.87. The predicted molar refractivity (Wildman–Crippen MR) is 80.3 cm³/mol. The van der Waals surface area contributed by atoms with Gasteiger partial charge in [0.2, 0.25) is 0 Å². The zero-order valence-corrected chi connectivity index (χ0v) is 11.5. The van der Waals surface area contributed by atoms with Gasteiger partial charge in [0, 0.05) is 18.9 Å². The lowest BCUT2D eigenvalue weighted by Gasteiger charge is -2.13. The van der Waals surface area contributed by atoms with E-state index in [-0.39, 0.29) is 6.04 Å². The molecule has 4 nitrogen and oxygen atoms in total. The van der Waals surface area contributed by atoms with Crippen LogP contribution in [0, 0.1) is 0 Å². The zero-order valence-electron chi connectivity index (χ0n) is 11.5. The van der Waals surface area contributed by atoms with Gasteiger partial charge in [0.05, 0.1) is 17.1 Å². The van der Waals surface area contributed by atoms with Crippen molar-refractivity contribution in [1.82, 2.24) is 14.5 Å². The first kappa shape index (κ1) is 12.8. The molecule has 2 N–H and O–H groups in total. The van der Waals surface area contributed by atoms with Crippen LogP contribution in [0.5, 0.6) is 0 Å². The Bertz CT molecular complexity index is 703. The fourth-order valence-electron chi connectivity index (χ4n) is 2.57. The van der Waals surface area contributed by atoms with Crippen molar-refractivity contribution >= 4 is 11.0 Å². The first-order valence-corrected chi connectivity index (χ1v) is 6.89. The van der Waals surface area contributed by atoms with E-state index in [0.29, 0.717) is 0 Å². The molecule has 0 bridgehead atoms. The number of rotatable bonds is 4. The van der Waals surface area contributed by atoms with E-state index in [1.54, 1.807) is 6.20 Å². The number of imidazole rings is 1. The van der Waals surface area contributed by atoms with Crippen LogP contribution in [0.1, 0.15) is 24.4 Å². The van der Waals surface area contributed by atoms with E-state index in [0.717, 1.165) is 35.4 Å². The Balaban J connectivity index is 1.97. The van der Waals surface area contributed by atoms with Crippen LogP contribution in [-0.4, -0.2) is 14.5 Å². The molecule has 1 unspecified atom stereocenters. The van der Waals surface area contributed by atoms with E-state index < -0.39 is 0 Å². The second-order valence-electron chi connectivity index (χ2n) is 4.87. The first-order valence-electron chi connectivity index (χ1n) is 6.89.